The van der Waals surface area contributed by atoms with Crippen molar-refractivity contribution in [2.45, 2.75) is 13.0 Å². The van der Waals surface area contributed by atoms with Gasteiger partial charge in [-0.1, -0.05) is 29.8 Å². The van der Waals surface area contributed by atoms with Crippen LogP contribution < -0.4 is 10.1 Å². The molecule has 1 aliphatic heterocycles. The molecule has 1 aliphatic rings. The minimum absolute atomic E-state index is 0.715. The highest BCUT2D eigenvalue weighted by atomic mass is 79.9. The van der Waals surface area contributed by atoms with E-state index in [0.717, 1.165) is 35.5 Å². The highest BCUT2D eigenvalue weighted by molar-refractivity contribution is 9.10. The predicted molar refractivity (Wildman–Crippen MR) is 82.1 cm³/mol. The van der Waals surface area contributed by atoms with Gasteiger partial charge in [0.15, 0.2) is 0 Å². The zero-order valence-corrected chi connectivity index (χ0v) is 12.6. The first kappa shape index (κ1) is 12.8. The van der Waals surface area contributed by atoms with Crippen molar-refractivity contribution in [3.63, 3.8) is 0 Å². The standard InChI is InChI=1S/C15H13BrClNO/c16-15-12(17)2-1-3-13(15)18-9-10-4-5-14-11(8-10)6-7-19-14/h1-5,8,18H,6-7,9H2. The van der Waals surface area contributed by atoms with Gasteiger partial charge in [-0.3, -0.25) is 0 Å². The lowest BCUT2D eigenvalue weighted by Gasteiger charge is -2.10. The molecular formula is C15H13BrClNO. The number of hydrogen-bond acceptors (Lipinski definition) is 2. The van der Waals surface area contributed by atoms with Crippen molar-refractivity contribution >= 4 is 33.2 Å². The summed E-state index contributed by atoms with van der Waals surface area (Å²) in [4.78, 5) is 0. The summed E-state index contributed by atoms with van der Waals surface area (Å²) in [7, 11) is 0. The number of benzene rings is 2. The van der Waals surface area contributed by atoms with Crippen LogP contribution in [0, 0.1) is 0 Å². The van der Waals surface area contributed by atoms with E-state index in [1.807, 2.05) is 24.3 Å². The van der Waals surface area contributed by atoms with Gasteiger partial charge in [0, 0.05) is 13.0 Å². The Morgan fingerprint density at radius 1 is 1.26 bits per heavy atom. The largest absolute Gasteiger partial charge is 0.493 e. The summed E-state index contributed by atoms with van der Waals surface area (Å²) >= 11 is 9.56. The first-order valence-corrected chi connectivity index (χ1v) is 7.33. The maximum Gasteiger partial charge on any atom is 0.122 e. The molecule has 2 nitrogen and oxygen atoms in total. The number of hydrogen-bond donors (Lipinski definition) is 1. The Balaban J connectivity index is 1.74. The number of halogens is 2. The molecule has 0 amide bonds. The van der Waals surface area contributed by atoms with E-state index in [1.165, 1.54) is 11.1 Å². The zero-order chi connectivity index (χ0) is 13.2. The Labute approximate surface area is 125 Å². The molecule has 0 aromatic heterocycles. The molecule has 0 bridgehead atoms. The van der Waals surface area contributed by atoms with Crippen LogP contribution in [-0.2, 0) is 13.0 Å². The van der Waals surface area contributed by atoms with Crippen molar-refractivity contribution < 1.29 is 4.74 Å². The Morgan fingerprint density at radius 3 is 3.05 bits per heavy atom. The monoisotopic (exact) mass is 337 g/mol. The van der Waals surface area contributed by atoms with E-state index in [2.05, 4.69) is 33.4 Å². The van der Waals surface area contributed by atoms with Crippen molar-refractivity contribution in [1.82, 2.24) is 0 Å². The fourth-order valence-electron chi connectivity index (χ4n) is 2.19. The van der Waals surface area contributed by atoms with Crippen LogP contribution >= 0.6 is 27.5 Å². The summed E-state index contributed by atoms with van der Waals surface area (Å²) in [6, 6.07) is 12.2. The summed E-state index contributed by atoms with van der Waals surface area (Å²) < 4.78 is 6.41. The second kappa shape index (κ2) is 5.43. The van der Waals surface area contributed by atoms with Crippen LogP contribution in [0.15, 0.2) is 40.9 Å². The molecule has 0 fully saturated rings. The Morgan fingerprint density at radius 2 is 2.16 bits per heavy atom. The quantitative estimate of drug-likeness (QED) is 0.879. The fraction of sp³-hybridized carbons (Fsp3) is 0.200. The van der Waals surface area contributed by atoms with Gasteiger partial charge in [0.1, 0.15) is 5.75 Å². The highest BCUT2D eigenvalue weighted by Crippen LogP contribution is 2.31. The molecule has 0 saturated heterocycles. The van der Waals surface area contributed by atoms with Gasteiger partial charge in [-0.05, 0) is 45.3 Å². The number of rotatable bonds is 3. The molecule has 0 saturated carbocycles. The third kappa shape index (κ3) is 2.72. The molecule has 2 aromatic rings. The number of anilines is 1. The second-order valence-corrected chi connectivity index (χ2v) is 5.70. The number of fused-ring (bicyclic) bond motifs is 1. The average Bonchev–Trinajstić information content (AvgIpc) is 2.88. The first-order chi connectivity index (χ1) is 9.24. The van der Waals surface area contributed by atoms with Crippen LogP contribution in [-0.4, -0.2) is 6.61 Å². The molecule has 0 aliphatic carbocycles. The summed E-state index contributed by atoms with van der Waals surface area (Å²) in [5, 5.41) is 4.10. The lowest BCUT2D eigenvalue weighted by Crippen LogP contribution is -2.00. The van der Waals surface area contributed by atoms with E-state index >= 15 is 0 Å². The Kier molecular flexibility index (Phi) is 3.67. The third-order valence-electron chi connectivity index (χ3n) is 3.19. The van der Waals surface area contributed by atoms with E-state index in [4.69, 9.17) is 16.3 Å². The fourth-order valence-corrected chi connectivity index (χ4v) is 2.77. The summed E-state index contributed by atoms with van der Waals surface area (Å²) in [6.07, 6.45) is 1.00. The first-order valence-electron chi connectivity index (χ1n) is 6.16. The van der Waals surface area contributed by atoms with Crippen LogP contribution in [0.25, 0.3) is 0 Å². The van der Waals surface area contributed by atoms with Crippen molar-refractivity contribution in [3.8, 4) is 5.75 Å². The highest BCUT2D eigenvalue weighted by Gasteiger charge is 2.12. The molecular weight excluding hydrogens is 326 g/mol. The van der Waals surface area contributed by atoms with Crippen LogP contribution in [0.1, 0.15) is 11.1 Å². The molecule has 1 N–H and O–H groups in total. The van der Waals surface area contributed by atoms with Crippen molar-refractivity contribution in [2.75, 3.05) is 11.9 Å². The smallest absolute Gasteiger partial charge is 0.122 e. The molecule has 4 heteroatoms. The summed E-state index contributed by atoms with van der Waals surface area (Å²) in [5.74, 6) is 1.02. The lowest BCUT2D eigenvalue weighted by atomic mass is 10.1. The normalized spacial score (nSPS) is 12.9. The number of nitrogens with one attached hydrogen (secondary N) is 1. The van der Waals surface area contributed by atoms with E-state index in [0.29, 0.717) is 5.02 Å². The molecule has 0 atom stereocenters. The summed E-state index contributed by atoms with van der Waals surface area (Å²) in [5.41, 5.74) is 3.55. The average molecular weight is 339 g/mol. The van der Waals surface area contributed by atoms with Gasteiger partial charge in [0.25, 0.3) is 0 Å². The zero-order valence-electron chi connectivity index (χ0n) is 10.2. The maximum absolute atomic E-state index is 6.07. The molecule has 0 unspecified atom stereocenters. The van der Waals surface area contributed by atoms with Gasteiger partial charge in [0.05, 0.1) is 21.8 Å². The van der Waals surface area contributed by atoms with Gasteiger partial charge in [-0.2, -0.15) is 0 Å². The third-order valence-corrected chi connectivity index (χ3v) is 4.59. The number of ether oxygens (including phenoxy) is 1. The van der Waals surface area contributed by atoms with Gasteiger partial charge in [0.2, 0.25) is 0 Å². The van der Waals surface area contributed by atoms with Gasteiger partial charge in [-0.25, -0.2) is 0 Å². The Bertz CT molecular complexity index is 615. The van der Waals surface area contributed by atoms with Crippen LogP contribution in [0.4, 0.5) is 5.69 Å². The molecule has 1 heterocycles. The SMILES string of the molecule is Clc1cccc(NCc2ccc3c(c2)CCO3)c1Br. The van der Waals surface area contributed by atoms with E-state index in [1.54, 1.807) is 0 Å². The van der Waals surface area contributed by atoms with Crippen LogP contribution in [0.2, 0.25) is 5.02 Å². The van der Waals surface area contributed by atoms with Crippen molar-refractivity contribution in [1.29, 1.82) is 0 Å². The van der Waals surface area contributed by atoms with Crippen LogP contribution in [0.3, 0.4) is 0 Å². The Hall–Kier alpha value is -1.19. The van der Waals surface area contributed by atoms with Gasteiger partial charge in [-0.15, -0.1) is 0 Å². The minimum Gasteiger partial charge on any atom is -0.493 e. The molecule has 0 radical (unpaired) electrons. The summed E-state index contributed by atoms with van der Waals surface area (Å²) in [6.45, 7) is 1.57. The van der Waals surface area contributed by atoms with Gasteiger partial charge < -0.3 is 10.1 Å². The molecule has 2 aromatic carbocycles. The van der Waals surface area contributed by atoms with E-state index < -0.39 is 0 Å². The molecule has 98 valence electrons. The second-order valence-electron chi connectivity index (χ2n) is 4.50. The van der Waals surface area contributed by atoms with E-state index in [9.17, 15) is 0 Å². The van der Waals surface area contributed by atoms with Crippen LogP contribution in [0.5, 0.6) is 5.75 Å². The molecule has 19 heavy (non-hydrogen) atoms. The molecule has 0 spiro atoms. The minimum atomic E-state index is 0.715. The maximum atomic E-state index is 6.07. The topological polar surface area (TPSA) is 21.3 Å². The molecule has 3 rings (SSSR count). The lowest BCUT2D eigenvalue weighted by molar-refractivity contribution is 0.357. The van der Waals surface area contributed by atoms with Gasteiger partial charge >= 0.3 is 0 Å². The van der Waals surface area contributed by atoms with Crippen molar-refractivity contribution in [2.24, 2.45) is 0 Å². The predicted octanol–water partition coefficient (Wildman–Crippen LogP) is 4.65. The van der Waals surface area contributed by atoms with E-state index in [-0.39, 0.29) is 0 Å². The van der Waals surface area contributed by atoms with Crippen molar-refractivity contribution in [3.05, 3.63) is 57.0 Å².